The van der Waals surface area contributed by atoms with Crippen LogP contribution in [0.25, 0.3) is 6.08 Å². The van der Waals surface area contributed by atoms with Gasteiger partial charge in [0.15, 0.2) is 5.17 Å². The molecule has 7 heteroatoms. The average molecular weight is 353 g/mol. The zero-order chi connectivity index (χ0) is 17.8. The lowest BCUT2D eigenvalue weighted by molar-refractivity contribution is -0.115. The fourth-order valence-electron chi connectivity index (χ4n) is 2.25. The number of rotatable bonds is 4. The number of amidine groups is 1. The minimum Gasteiger partial charge on any atom is -0.497 e. The van der Waals surface area contributed by atoms with E-state index in [0.29, 0.717) is 27.1 Å². The molecule has 25 heavy (non-hydrogen) atoms. The second-order valence-corrected chi connectivity index (χ2v) is 6.17. The molecule has 1 saturated heterocycles. The van der Waals surface area contributed by atoms with Gasteiger partial charge < -0.3 is 15.8 Å². The summed E-state index contributed by atoms with van der Waals surface area (Å²) in [4.78, 5) is 28.4. The third kappa shape index (κ3) is 3.89. The Bertz CT molecular complexity index is 906. The smallest absolute Gasteiger partial charge is 0.264 e. The van der Waals surface area contributed by atoms with Crippen LogP contribution in [0.5, 0.6) is 5.75 Å². The van der Waals surface area contributed by atoms with Gasteiger partial charge in [-0.2, -0.15) is 0 Å². The summed E-state index contributed by atoms with van der Waals surface area (Å²) >= 11 is 1.20. The van der Waals surface area contributed by atoms with Gasteiger partial charge in [0.1, 0.15) is 5.75 Å². The number of carbonyl (C=O) groups excluding carboxylic acids is 2. The monoisotopic (exact) mass is 353 g/mol. The van der Waals surface area contributed by atoms with Crippen LogP contribution in [0, 0.1) is 0 Å². The van der Waals surface area contributed by atoms with Crippen LogP contribution in [0.4, 0.5) is 5.69 Å². The Kier molecular flexibility index (Phi) is 4.85. The number of primary amides is 1. The molecule has 1 aliphatic heterocycles. The Balaban J connectivity index is 1.87. The van der Waals surface area contributed by atoms with Crippen molar-refractivity contribution in [1.82, 2.24) is 5.32 Å². The summed E-state index contributed by atoms with van der Waals surface area (Å²) in [5.74, 6) is -0.105. The molecule has 3 N–H and O–H groups in total. The fourth-order valence-corrected chi connectivity index (χ4v) is 3.09. The summed E-state index contributed by atoms with van der Waals surface area (Å²) in [5.41, 5.74) is 6.91. The van der Waals surface area contributed by atoms with Crippen molar-refractivity contribution < 1.29 is 14.3 Å². The SMILES string of the molecule is COc1cccc(/C=C2\SC(=Nc3ccccc3C(N)=O)NC2=O)c1. The van der Waals surface area contributed by atoms with E-state index in [1.807, 2.05) is 24.3 Å². The van der Waals surface area contributed by atoms with Gasteiger partial charge in [-0.15, -0.1) is 0 Å². The van der Waals surface area contributed by atoms with Gasteiger partial charge in [0.2, 0.25) is 0 Å². The number of aliphatic imine (C=N–C) groups is 1. The fraction of sp³-hybridized carbons (Fsp3) is 0.0556. The van der Waals surface area contributed by atoms with E-state index in [0.717, 1.165) is 5.56 Å². The van der Waals surface area contributed by atoms with Crippen molar-refractivity contribution in [2.24, 2.45) is 10.7 Å². The number of benzene rings is 2. The number of methoxy groups -OCH3 is 1. The average Bonchev–Trinajstić information content (AvgIpc) is 2.94. The number of nitrogens with one attached hydrogen (secondary N) is 1. The van der Waals surface area contributed by atoms with Crippen LogP contribution < -0.4 is 15.8 Å². The first-order chi connectivity index (χ1) is 12.1. The highest BCUT2D eigenvalue weighted by molar-refractivity contribution is 8.18. The normalized spacial score (nSPS) is 16.9. The first kappa shape index (κ1) is 16.8. The second kappa shape index (κ2) is 7.23. The molecular weight excluding hydrogens is 338 g/mol. The highest BCUT2D eigenvalue weighted by Crippen LogP contribution is 2.29. The summed E-state index contributed by atoms with van der Waals surface area (Å²) in [6.07, 6.45) is 1.75. The van der Waals surface area contributed by atoms with E-state index in [1.165, 1.54) is 11.8 Å². The summed E-state index contributed by atoms with van der Waals surface area (Å²) in [5, 5.41) is 3.09. The molecule has 6 nitrogen and oxygen atoms in total. The van der Waals surface area contributed by atoms with Crippen molar-refractivity contribution in [3.8, 4) is 5.75 Å². The lowest BCUT2D eigenvalue weighted by Gasteiger charge is -2.01. The highest BCUT2D eigenvalue weighted by atomic mass is 32.2. The van der Waals surface area contributed by atoms with Crippen LogP contribution in [0.15, 0.2) is 58.4 Å². The number of hydrogen-bond acceptors (Lipinski definition) is 5. The van der Waals surface area contributed by atoms with Gasteiger partial charge >= 0.3 is 0 Å². The molecule has 1 aliphatic rings. The van der Waals surface area contributed by atoms with Crippen LogP contribution in [-0.4, -0.2) is 24.1 Å². The topological polar surface area (TPSA) is 93.8 Å². The zero-order valence-electron chi connectivity index (χ0n) is 13.4. The van der Waals surface area contributed by atoms with Gasteiger partial charge in [-0.1, -0.05) is 24.3 Å². The maximum atomic E-state index is 12.1. The number of carbonyl (C=O) groups is 2. The molecule has 2 aromatic rings. The summed E-state index contributed by atoms with van der Waals surface area (Å²) in [6.45, 7) is 0. The van der Waals surface area contributed by atoms with Gasteiger partial charge in [0.05, 0.1) is 23.3 Å². The van der Waals surface area contributed by atoms with Crippen molar-refractivity contribution in [3.63, 3.8) is 0 Å². The van der Waals surface area contributed by atoms with Gasteiger partial charge in [-0.05, 0) is 47.7 Å². The van der Waals surface area contributed by atoms with Gasteiger partial charge in [0, 0.05) is 0 Å². The van der Waals surface area contributed by atoms with Crippen molar-refractivity contribution in [1.29, 1.82) is 0 Å². The number of ether oxygens (including phenoxy) is 1. The van der Waals surface area contributed by atoms with Crippen LogP contribution in [-0.2, 0) is 4.79 Å². The quantitative estimate of drug-likeness (QED) is 0.827. The molecule has 126 valence electrons. The Labute approximate surface area is 148 Å². The predicted molar refractivity (Wildman–Crippen MR) is 98.8 cm³/mol. The number of amides is 2. The molecule has 0 aliphatic carbocycles. The molecule has 3 rings (SSSR count). The number of thioether (sulfide) groups is 1. The largest absolute Gasteiger partial charge is 0.497 e. The van der Waals surface area contributed by atoms with Crippen LogP contribution in [0.3, 0.4) is 0 Å². The molecule has 0 bridgehead atoms. The molecule has 0 unspecified atom stereocenters. The van der Waals surface area contributed by atoms with Gasteiger partial charge in [-0.3, -0.25) is 9.59 Å². The van der Waals surface area contributed by atoms with E-state index >= 15 is 0 Å². The number of nitrogens with zero attached hydrogens (tertiary/aromatic N) is 1. The molecule has 0 aromatic heterocycles. The minimum atomic E-state index is -0.568. The summed E-state index contributed by atoms with van der Waals surface area (Å²) in [6, 6.07) is 14.1. The van der Waals surface area contributed by atoms with E-state index in [9.17, 15) is 9.59 Å². The van der Waals surface area contributed by atoms with Crippen molar-refractivity contribution in [2.45, 2.75) is 0 Å². The van der Waals surface area contributed by atoms with E-state index < -0.39 is 5.91 Å². The van der Waals surface area contributed by atoms with Crippen molar-refractivity contribution in [2.75, 3.05) is 7.11 Å². The van der Waals surface area contributed by atoms with Crippen LogP contribution in [0.2, 0.25) is 0 Å². The third-order valence-corrected chi connectivity index (χ3v) is 4.34. The standard InChI is InChI=1S/C18H15N3O3S/c1-24-12-6-4-5-11(9-12)10-15-17(23)21-18(25-15)20-14-8-3-2-7-13(14)16(19)22/h2-10H,1H3,(H2,19,22)(H,20,21,23)/b15-10-. The Hall–Kier alpha value is -3.06. The minimum absolute atomic E-state index is 0.247. The summed E-state index contributed by atoms with van der Waals surface area (Å²) < 4.78 is 5.18. The lowest BCUT2D eigenvalue weighted by atomic mass is 10.2. The molecular formula is C18H15N3O3S. The second-order valence-electron chi connectivity index (χ2n) is 5.14. The van der Waals surface area contributed by atoms with Crippen LogP contribution >= 0.6 is 11.8 Å². The highest BCUT2D eigenvalue weighted by Gasteiger charge is 2.24. The molecule has 0 saturated carbocycles. The van der Waals surface area contributed by atoms with Gasteiger partial charge in [-0.25, -0.2) is 4.99 Å². The molecule has 2 aromatic carbocycles. The van der Waals surface area contributed by atoms with Crippen LogP contribution in [0.1, 0.15) is 15.9 Å². The number of nitrogens with two attached hydrogens (primary N) is 1. The van der Waals surface area contributed by atoms with E-state index in [1.54, 1.807) is 37.5 Å². The molecule has 1 fully saturated rings. The van der Waals surface area contributed by atoms with Gasteiger partial charge in [0.25, 0.3) is 11.8 Å². The third-order valence-electron chi connectivity index (χ3n) is 3.43. The first-order valence-corrected chi connectivity index (χ1v) is 8.21. The molecule has 0 spiro atoms. The van der Waals surface area contributed by atoms with E-state index in [-0.39, 0.29) is 5.91 Å². The Morgan fingerprint density at radius 1 is 1.24 bits per heavy atom. The van der Waals surface area contributed by atoms with E-state index in [2.05, 4.69) is 10.3 Å². The zero-order valence-corrected chi connectivity index (χ0v) is 14.2. The van der Waals surface area contributed by atoms with Crippen molar-refractivity contribution in [3.05, 3.63) is 64.6 Å². The number of hydrogen-bond donors (Lipinski definition) is 2. The molecule has 0 atom stereocenters. The Morgan fingerprint density at radius 3 is 2.80 bits per heavy atom. The summed E-state index contributed by atoms with van der Waals surface area (Å²) in [7, 11) is 1.59. The molecule has 0 radical (unpaired) electrons. The lowest BCUT2D eigenvalue weighted by Crippen LogP contribution is -2.19. The number of para-hydroxylation sites is 1. The maximum Gasteiger partial charge on any atom is 0.264 e. The first-order valence-electron chi connectivity index (χ1n) is 7.39. The maximum absolute atomic E-state index is 12.1. The molecule has 2 amide bonds. The van der Waals surface area contributed by atoms with Crippen molar-refractivity contribution >= 4 is 40.5 Å². The van der Waals surface area contributed by atoms with E-state index in [4.69, 9.17) is 10.5 Å². The molecule has 1 heterocycles. The Morgan fingerprint density at radius 2 is 2.04 bits per heavy atom. The predicted octanol–water partition coefficient (Wildman–Crippen LogP) is 2.69.